The van der Waals surface area contributed by atoms with Gasteiger partial charge in [-0.2, -0.15) is 0 Å². The van der Waals surface area contributed by atoms with E-state index in [1.807, 2.05) is 0 Å². The maximum atomic E-state index is 13.6. The Morgan fingerprint density at radius 3 is 1.96 bits per heavy atom. The summed E-state index contributed by atoms with van der Waals surface area (Å²) < 4.78 is 18.5. The fourth-order valence-corrected chi connectivity index (χ4v) is 11.2. The molecule has 0 aromatic carbocycles. The van der Waals surface area contributed by atoms with E-state index >= 15 is 0 Å². The quantitative estimate of drug-likeness (QED) is 0.0525. The molecule has 5 aliphatic carbocycles. The Balaban J connectivity index is 1.38. The molecule has 52 heavy (non-hydrogen) atoms. The zero-order valence-corrected chi connectivity index (χ0v) is 34.4. The fourth-order valence-electron chi connectivity index (χ4n) is 11.2. The lowest BCUT2D eigenvalue weighted by Gasteiger charge is -2.55. The van der Waals surface area contributed by atoms with Gasteiger partial charge in [0, 0.05) is 23.7 Å². The predicted octanol–water partition coefficient (Wildman–Crippen LogP) is 10.9. The molecule has 4 unspecified atom stereocenters. The van der Waals surface area contributed by atoms with Gasteiger partial charge in [0.25, 0.3) is 0 Å². The first-order chi connectivity index (χ1) is 25.1. The van der Waals surface area contributed by atoms with E-state index in [0.717, 1.165) is 83.3 Å². The normalized spacial score (nSPS) is 29.7. The fraction of sp³-hybridized carbons (Fsp3) is 0.933. The lowest BCUT2D eigenvalue weighted by Crippen LogP contribution is -2.50. The lowest BCUT2D eigenvalue weighted by atomic mass is 9.51. The van der Waals surface area contributed by atoms with Gasteiger partial charge in [-0.15, -0.1) is 0 Å². The Labute approximate surface area is 318 Å². The minimum Gasteiger partial charge on any atom is -0.465 e. The molecular formula is C45H79NO6. The second-order valence-electron chi connectivity index (χ2n) is 18.5. The maximum Gasteiger partial charge on any atom is 0.306 e. The van der Waals surface area contributed by atoms with E-state index in [1.165, 1.54) is 77.0 Å². The summed E-state index contributed by atoms with van der Waals surface area (Å²) in [6.45, 7) is 15.3. The van der Waals surface area contributed by atoms with Crippen molar-refractivity contribution in [2.75, 3.05) is 39.5 Å². The average Bonchev–Trinajstić information content (AvgIpc) is 3.14. The van der Waals surface area contributed by atoms with E-state index < -0.39 is 0 Å². The smallest absolute Gasteiger partial charge is 0.306 e. The van der Waals surface area contributed by atoms with Crippen molar-refractivity contribution in [3.63, 3.8) is 0 Å². The SMILES string of the molecule is CCCCCC(CCCCC)CC(=O)OCC1CC2CC(CC)(COC(=O)CCCN(CC)CC)CC(COC(=O)CC34CCC(CC3)CC4)(C1)C2. The molecule has 0 radical (unpaired) electrons. The summed E-state index contributed by atoms with van der Waals surface area (Å²) in [5.74, 6) is 1.85. The van der Waals surface area contributed by atoms with Gasteiger partial charge < -0.3 is 19.1 Å². The van der Waals surface area contributed by atoms with Gasteiger partial charge in [0.15, 0.2) is 0 Å². The van der Waals surface area contributed by atoms with Crippen LogP contribution >= 0.6 is 0 Å². The minimum absolute atomic E-state index is 0.0238. The number of hydrogen-bond acceptors (Lipinski definition) is 7. The summed E-state index contributed by atoms with van der Waals surface area (Å²) in [6, 6.07) is 0. The highest BCUT2D eigenvalue weighted by Gasteiger charge is 2.53. The van der Waals surface area contributed by atoms with Crippen LogP contribution in [-0.4, -0.2) is 62.3 Å². The van der Waals surface area contributed by atoms with Crippen molar-refractivity contribution in [1.82, 2.24) is 4.90 Å². The highest BCUT2D eigenvalue weighted by Crippen LogP contribution is 2.59. The number of carbonyl (C=O) groups is 3. The number of rotatable bonds is 25. The Bertz CT molecular complexity index is 1060. The van der Waals surface area contributed by atoms with Crippen molar-refractivity contribution in [3.8, 4) is 0 Å². The number of carbonyl (C=O) groups excluding carboxylic acids is 3. The van der Waals surface area contributed by atoms with Gasteiger partial charge in [-0.05, 0) is 145 Å². The molecule has 0 aromatic rings. The molecule has 0 N–H and O–H groups in total. The van der Waals surface area contributed by atoms with Crippen molar-refractivity contribution in [2.24, 2.45) is 39.9 Å². The van der Waals surface area contributed by atoms with Gasteiger partial charge in [0.1, 0.15) is 0 Å². The molecule has 0 amide bonds. The highest BCUT2D eigenvalue weighted by molar-refractivity contribution is 5.70. The molecule has 4 bridgehead atoms. The molecule has 0 spiro atoms. The van der Waals surface area contributed by atoms with Gasteiger partial charge in [-0.25, -0.2) is 0 Å². The van der Waals surface area contributed by atoms with Crippen LogP contribution in [0.3, 0.4) is 0 Å². The average molecular weight is 730 g/mol. The number of unbranched alkanes of at least 4 members (excludes halogenated alkanes) is 4. The lowest BCUT2D eigenvalue weighted by molar-refractivity contribution is -0.165. The third-order valence-electron chi connectivity index (χ3n) is 14.3. The molecule has 5 saturated carbocycles. The van der Waals surface area contributed by atoms with Crippen LogP contribution in [0.4, 0.5) is 0 Å². The van der Waals surface area contributed by atoms with Crippen LogP contribution in [0.1, 0.15) is 189 Å². The molecule has 5 rings (SSSR count). The van der Waals surface area contributed by atoms with E-state index in [-0.39, 0.29) is 40.1 Å². The van der Waals surface area contributed by atoms with Crippen molar-refractivity contribution < 1.29 is 28.6 Å². The topological polar surface area (TPSA) is 82.1 Å². The van der Waals surface area contributed by atoms with E-state index in [0.29, 0.717) is 50.9 Å². The number of ether oxygens (including phenoxy) is 3. The number of fused-ring (bicyclic) bond motifs is 5. The van der Waals surface area contributed by atoms with Crippen LogP contribution < -0.4 is 0 Å². The number of esters is 3. The molecule has 4 atom stereocenters. The van der Waals surface area contributed by atoms with Crippen LogP contribution in [-0.2, 0) is 28.6 Å². The van der Waals surface area contributed by atoms with Gasteiger partial charge in [-0.1, -0.05) is 73.1 Å². The second-order valence-corrected chi connectivity index (χ2v) is 18.5. The molecule has 300 valence electrons. The molecule has 5 aliphatic rings. The van der Waals surface area contributed by atoms with Gasteiger partial charge in [0.05, 0.1) is 26.2 Å². The molecule has 7 nitrogen and oxygen atoms in total. The summed E-state index contributed by atoms with van der Waals surface area (Å²) in [6.07, 6.45) is 25.0. The van der Waals surface area contributed by atoms with Crippen LogP contribution in [0, 0.1) is 39.9 Å². The van der Waals surface area contributed by atoms with Crippen molar-refractivity contribution >= 4 is 17.9 Å². The zero-order chi connectivity index (χ0) is 37.5. The number of hydrogen-bond donors (Lipinski definition) is 0. The maximum absolute atomic E-state index is 13.6. The van der Waals surface area contributed by atoms with Crippen molar-refractivity contribution in [3.05, 3.63) is 0 Å². The monoisotopic (exact) mass is 730 g/mol. The van der Waals surface area contributed by atoms with E-state index in [1.54, 1.807) is 0 Å². The summed E-state index contributed by atoms with van der Waals surface area (Å²) in [5, 5.41) is 0. The second kappa shape index (κ2) is 21.5. The zero-order valence-electron chi connectivity index (χ0n) is 34.4. The molecule has 0 heterocycles. The summed E-state index contributed by atoms with van der Waals surface area (Å²) >= 11 is 0. The van der Waals surface area contributed by atoms with E-state index in [2.05, 4.69) is 39.5 Å². The Morgan fingerprint density at radius 1 is 0.692 bits per heavy atom. The largest absolute Gasteiger partial charge is 0.465 e. The third kappa shape index (κ3) is 13.3. The van der Waals surface area contributed by atoms with Crippen LogP contribution in [0.5, 0.6) is 0 Å². The molecule has 0 aromatic heterocycles. The van der Waals surface area contributed by atoms with Gasteiger partial charge in [0.2, 0.25) is 0 Å². The Kier molecular flexibility index (Phi) is 17.8. The first-order valence-corrected chi connectivity index (χ1v) is 22.3. The minimum atomic E-state index is -0.177. The molecule has 5 fully saturated rings. The first kappa shape index (κ1) is 43.1. The van der Waals surface area contributed by atoms with Gasteiger partial charge >= 0.3 is 17.9 Å². The number of nitrogens with zero attached hydrogens (tertiary/aromatic N) is 1. The highest BCUT2D eigenvalue weighted by atomic mass is 16.5. The standard InChI is InChI=1S/C45H79NO6/c1-6-11-13-16-37(17-14-12-7-2)27-41(48)50-32-39-26-38-28-43(8-3,34-51-40(47)18-15-25-46(9-4)10-5)33-45(29-38,30-39)35-52-42(49)31-44-22-19-36(20-23-44)21-24-44/h36-39H,6-35H2,1-5H3. The predicted molar refractivity (Wildman–Crippen MR) is 210 cm³/mol. The van der Waals surface area contributed by atoms with E-state index in [4.69, 9.17) is 14.2 Å². The Morgan fingerprint density at radius 2 is 1.35 bits per heavy atom. The summed E-state index contributed by atoms with van der Waals surface area (Å²) in [5.41, 5.74) is -0.139. The molecular weight excluding hydrogens is 650 g/mol. The van der Waals surface area contributed by atoms with Crippen LogP contribution in [0.25, 0.3) is 0 Å². The summed E-state index contributed by atoms with van der Waals surface area (Å²) in [4.78, 5) is 42.1. The van der Waals surface area contributed by atoms with E-state index in [9.17, 15) is 14.4 Å². The van der Waals surface area contributed by atoms with Crippen LogP contribution in [0.2, 0.25) is 0 Å². The molecule has 7 heteroatoms. The van der Waals surface area contributed by atoms with Crippen molar-refractivity contribution in [2.45, 2.75) is 189 Å². The van der Waals surface area contributed by atoms with Gasteiger partial charge in [-0.3, -0.25) is 14.4 Å². The van der Waals surface area contributed by atoms with Crippen LogP contribution in [0.15, 0.2) is 0 Å². The molecule has 0 saturated heterocycles. The van der Waals surface area contributed by atoms with Crippen molar-refractivity contribution in [1.29, 1.82) is 0 Å². The first-order valence-electron chi connectivity index (χ1n) is 22.3. The summed E-state index contributed by atoms with van der Waals surface area (Å²) in [7, 11) is 0. The molecule has 0 aliphatic heterocycles. The third-order valence-corrected chi connectivity index (χ3v) is 14.3. The Hall–Kier alpha value is -1.63.